The van der Waals surface area contributed by atoms with Crippen LogP contribution in [0.25, 0.3) is 11.1 Å². The topological polar surface area (TPSA) is 44.1 Å². The van der Waals surface area contributed by atoms with E-state index in [4.69, 9.17) is 4.74 Å². The summed E-state index contributed by atoms with van der Waals surface area (Å²) >= 11 is 0. The summed E-state index contributed by atoms with van der Waals surface area (Å²) in [6.45, 7) is 8.07. The number of esters is 1. The van der Waals surface area contributed by atoms with Gasteiger partial charge in [0.15, 0.2) is 0 Å². The maximum Gasteiger partial charge on any atom is 0.416 e. The number of halogens is 3. The van der Waals surface area contributed by atoms with Gasteiger partial charge in [-0.1, -0.05) is 39.3 Å². The third-order valence-electron chi connectivity index (χ3n) is 4.14. The molecule has 0 saturated heterocycles. The molecule has 28 heavy (non-hydrogen) atoms. The number of carbonyl (C=O) groups is 1. The van der Waals surface area contributed by atoms with Crippen molar-refractivity contribution in [1.82, 2.24) is 9.78 Å². The maximum atomic E-state index is 12.7. The third-order valence-corrected chi connectivity index (χ3v) is 4.14. The van der Waals surface area contributed by atoms with Gasteiger partial charge in [-0.05, 0) is 17.7 Å². The average Bonchev–Trinajstić information content (AvgIpc) is 3.01. The van der Waals surface area contributed by atoms with Gasteiger partial charge < -0.3 is 11.2 Å². The molecule has 0 N–H and O–H groups in total. The normalized spacial score (nSPS) is 13.0. The SMILES string of the molecule is C[CH-]CC(=O)OC(Cn1cc(-c2ccc(C(F)(F)F)cc2)cn1)C(C)(C)C.[Y]. The minimum absolute atomic E-state index is 0. The molecule has 1 atom stereocenters. The summed E-state index contributed by atoms with van der Waals surface area (Å²) in [6.07, 6.45) is 0.555. The van der Waals surface area contributed by atoms with Crippen LogP contribution in [0.2, 0.25) is 0 Å². The fourth-order valence-electron chi connectivity index (χ4n) is 2.50. The molecule has 1 heterocycles. The molecule has 1 aromatic carbocycles. The quantitative estimate of drug-likeness (QED) is 0.434. The van der Waals surface area contributed by atoms with Gasteiger partial charge in [-0.3, -0.25) is 9.48 Å². The molecule has 0 amide bonds. The van der Waals surface area contributed by atoms with Crippen LogP contribution in [0.15, 0.2) is 36.7 Å². The number of hydrogen-bond acceptors (Lipinski definition) is 3. The average molecular weight is 470 g/mol. The zero-order chi connectivity index (χ0) is 20.2. The standard InChI is InChI=1S/C20H24F3N2O2.Y/c1-5-6-18(26)27-17(19(2,3)4)13-25-12-15(11-24-25)14-7-9-16(10-8-14)20(21,22)23;/h5,7-12,17H,6,13H2,1-4H3;/q-1;. The van der Waals surface area contributed by atoms with E-state index < -0.39 is 11.7 Å². The van der Waals surface area contributed by atoms with E-state index in [0.29, 0.717) is 17.7 Å². The van der Waals surface area contributed by atoms with Gasteiger partial charge in [-0.2, -0.15) is 25.2 Å². The van der Waals surface area contributed by atoms with Crippen molar-refractivity contribution in [2.75, 3.05) is 0 Å². The van der Waals surface area contributed by atoms with Crippen LogP contribution in [0.4, 0.5) is 13.2 Å². The van der Waals surface area contributed by atoms with Crippen molar-refractivity contribution in [3.05, 3.63) is 48.6 Å². The molecule has 8 heteroatoms. The van der Waals surface area contributed by atoms with Crippen LogP contribution in [-0.4, -0.2) is 21.9 Å². The number of aromatic nitrogens is 2. The molecule has 2 rings (SSSR count). The van der Waals surface area contributed by atoms with E-state index in [1.165, 1.54) is 12.1 Å². The predicted octanol–water partition coefficient (Wildman–Crippen LogP) is 5.14. The second-order valence-corrected chi connectivity index (χ2v) is 7.48. The van der Waals surface area contributed by atoms with Crippen molar-refractivity contribution in [3.8, 4) is 11.1 Å². The van der Waals surface area contributed by atoms with Crippen molar-refractivity contribution in [3.63, 3.8) is 0 Å². The number of hydrogen-bond donors (Lipinski definition) is 0. The molecule has 0 spiro atoms. The molecule has 2 aromatic rings. The Morgan fingerprint density at radius 3 is 2.29 bits per heavy atom. The van der Waals surface area contributed by atoms with Gasteiger partial charge in [-0.15, -0.1) is 0 Å². The number of nitrogens with zero attached hydrogens (tertiary/aromatic N) is 2. The van der Waals surface area contributed by atoms with Crippen LogP contribution >= 0.6 is 0 Å². The van der Waals surface area contributed by atoms with Gasteiger partial charge in [0.1, 0.15) is 6.10 Å². The van der Waals surface area contributed by atoms with Crippen molar-refractivity contribution in [2.24, 2.45) is 5.41 Å². The van der Waals surface area contributed by atoms with Crippen LogP contribution in [-0.2, 0) is 55.0 Å². The largest absolute Gasteiger partial charge is 0.462 e. The van der Waals surface area contributed by atoms with Crippen LogP contribution in [0.5, 0.6) is 0 Å². The second-order valence-electron chi connectivity index (χ2n) is 7.48. The zero-order valence-corrected chi connectivity index (χ0v) is 19.3. The summed E-state index contributed by atoms with van der Waals surface area (Å²) in [5.74, 6) is -0.299. The van der Waals surface area contributed by atoms with Crippen LogP contribution in [0.1, 0.15) is 39.7 Å². The fraction of sp³-hybridized carbons (Fsp3) is 0.450. The molecule has 0 bridgehead atoms. The Hall–Kier alpha value is -1.21. The first-order valence-corrected chi connectivity index (χ1v) is 8.68. The number of carbonyl (C=O) groups excluding carboxylic acids is 1. The molecule has 0 fully saturated rings. The molecule has 0 aliphatic heterocycles. The van der Waals surface area contributed by atoms with E-state index in [9.17, 15) is 18.0 Å². The number of ether oxygens (including phenoxy) is 1. The molecule has 0 saturated carbocycles. The van der Waals surface area contributed by atoms with E-state index >= 15 is 0 Å². The minimum Gasteiger partial charge on any atom is -0.462 e. The number of benzene rings is 1. The Morgan fingerprint density at radius 1 is 1.18 bits per heavy atom. The fourth-order valence-corrected chi connectivity index (χ4v) is 2.50. The Bertz CT molecular complexity index is 765. The smallest absolute Gasteiger partial charge is 0.416 e. The Kier molecular flexibility index (Phi) is 8.88. The van der Waals surface area contributed by atoms with Gasteiger partial charge in [0.25, 0.3) is 5.97 Å². The molecule has 0 aliphatic rings. The van der Waals surface area contributed by atoms with E-state index in [1.54, 1.807) is 30.4 Å². The first kappa shape index (κ1) is 24.8. The van der Waals surface area contributed by atoms with Crippen molar-refractivity contribution in [2.45, 2.75) is 52.9 Å². The van der Waals surface area contributed by atoms with Crippen LogP contribution in [0.3, 0.4) is 0 Å². The molecule has 1 unspecified atom stereocenters. The van der Waals surface area contributed by atoms with E-state index in [1.807, 2.05) is 20.8 Å². The van der Waals surface area contributed by atoms with Gasteiger partial charge in [0.2, 0.25) is 0 Å². The second kappa shape index (κ2) is 10.0. The Balaban J connectivity index is 0.00000392. The summed E-state index contributed by atoms with van der Waals surface area (Å²) in [6, 6.07) is 4.94. The predicted molar refractivity (Wildman–Crippen MR) is 96.6 cm³/mol. The van der Waals surface area contributed by atoms with E-state index in [0.717, 1.165) is 12.1 Å². The van der Waals surface area contributed by atoms with Gasteiger partial charge in [0.05, 0.1) is 18.3 Å². The van der Waals surface area contributed by atoms with Gasteiger partial charge in [-0.25, -0.2) is 0 Å². The summed E-state index contributed by atoms with van der Waals surface area (Å²) < 4.78 is 45.3. The molecule has 4 nitrogen and oxygen atoms in total. The molecule has 0 aliphatic carbocycles. The Morgan fingerprint density at radius 2 is 1.79 bits per heavy atom. The minimum atomic E-state index is -4.36. The number of rotatable bonds is 6. The van der Waals surface area contributed by atoms with Crippen molar-refractivity contribution < 1.29 is 55.4 Å². The molecule has 1 radical (unpaired) electrons. The summed E-state index contributed by atoms with van der Waals surface area (Å²) in [5, 5.41) is 4.27. The summed E-state index contributed by atoms with van der Waals surface area (Å²) in [4.78, 5) is 11.9. The van der Waals surface area contributed by atoms with E-state index in [2.05, 4.69) is 5.10 Å². The molecular weight excluding hydrogens is 446 g/mol. The number of alkyl halides is 3. The zero-order valence-electron chi connectivity index (χ0n) is 16.5. The first-order valence-electron chi connectivity index (χ1n) is 8.68. The molecular formula is C20H24F3N2O2Y-. The van der Waals surface area contributed by atoms with E-state index in [-0.39, 0.29) is 56.6 Å². The van der Waals surface area contributed by atoms with Gasteiger partial charge in [0, 0.05) is 49.9 Å². The molecule has 151 valence electrons. The van der Waals surface area contributed by atoms with Crippen LogP contribution < -0.4 is 0 Å². The van der Waals surface area contributed by atoms with Gasteiger partial charge >= 0.3 is 6.18 Å². The monoisotopic (exact) mass is 470 g/mol. The van der Waals surface area contributed by atoms with Crippen LogP contribution in [0, 0.1) is 11.8 Å². The van der Waals surface area contributed by atoms with Crippen molar-refractivity contribution in [1.29, 1.82) is 0 Å². The maximum absolute atomic E-state index is 12.7. The summed E-state index contributed by atoms with van der Waals surface area (Å²) in [7, 11) is 0. The molecule has 1 aromatic heterocycles. The van der Waals surface area contributed by atoms with Crippen molar-refractivity contribution >= 4 is 5.97 Å². The third kappa shape index (κ3) is 7.00. The summed E-state index contributed by atoms with van der Waals surface area (Å²) in [5.41, 5.74) is 0.360. The Labute approximate surface area is 188 Å². The first-order chi connectivity index (χ1) is 12.5.